The number of nitrogens with one attached hydrogen (secondary N) is 1. The molecule has 4 nitrogen and oxygen atoms in total. The SMILES string of the molecule is CC(C)(C)OC(=O)Nc1ccccc1CC(O)(c1ccccc1)C(C)(C)C. The van der Waals surface area contributed by atoms with Crippen LogP contribution in [0.25, 0.3) is 0 Å². The van der Waals surface area contributed by atoms with Crippen LogP contribution in [-0.2, 0) is 16.8 Å². The lowest BCUT2D eigenvalue weighted by Crippen LogP contribution is -2.42. The van der Waals surface area contributed by atoms with Crippen molar-refractivity contribution >= 4 is 11.8 Å². The number of para-hydroxylation sites is 1. The first kappa shape index (κ1) is 21.0. The summed E-state index contributed by atoms with van der Waals surface area (Å²) < 4.78 is 5.37. The Morgan fingerprint density at radius 1 is 0.926 bits per heavy atom. The second kappa shape index (κ2) is 7.73. The summed E-state index contributed by atoms with van der Waals surface area (Å²) >= 11 is 0. The predicted octanol–water partition coefficient (Wildman–Crippen LogP) is 5.51. The van der Waals surface area contributed by atoms with E-state index in [1.165, 1.54) is 0 Å². The number of carbonyl (C=O) groups excluding carboxylic acids is 1. The van der Waals surface area contributed by atoms with Crippen LogP contribution in [0.4, 0.5) is 10.5 Å². The van der Waals surface area contributed by atoms with Gasteiger partial charge in [-0.2, -0.15) is 0 Å². The molecule has 2 aromatic rings. The van der Waals surface area contributed by atoms with Gasteiger partial charge < -0.3 is 9.84 Å². The van der Waals surface area contributed by atoms with Gasteiger partial charge in [-0.05, 0) is 43.4 Å². The Balaban J connectivity index is 2.36. The minimum Gasteiger partial charge on any atom is -0.444 e. The summed E-state index contributed by atoms with van der Waals surface area (Å²) in [5, 5.41) is 14.5. The smallest absolute Gasteiger partial charge is 0.412 e. The van der Waals surface area contributed by atoms with Crippen molar-refractivity contribution < 1.29 is 14.6 Å². The number of hydrogen-bond donors (Lipinski definition) is 2. The monoisotopic (exact) mass is 369 g/mol. The van der Waals surface area contributed by atoms with Crippen LogP contribution in [0.15, 0.2) is 54.6 Å². The Kier molecular flexibility index (Phi) is 6.01. The zero-order chi connectivity index (χ0) is 20.3. The van der Waals surface area contributed by atoms with Crippen molar-refractivity contribution in [2.24, 2.45) is 5.41 Å². The summed E-state index contributed by atoms with van der Waals surface area (Å²) in [5.74, 6) is 0. The fourth-order valence-corrected chi connectivity index (χ4v) is 3.00. The van der Waals surface area contributed by atoms with E-state index in [9.17, 15) is 9.90 Å². The zero-order valence-corrected chi connectivity index (χ0v) is 17.2. The van der Waals surface area contributed by atoms with Crippen molar-refractivity contribution in [1.29, 1.82) is 0 Å². The lowest BCUT2D eigenvalue weighted by molar-refractivity contribution is -0.0638. The van der Waals surface area contributed by atoms with E-state index in [2.05, 4.69) is 5.32 Å². The molecule has 0 aromatic heterocycles. The molecule has 0 saturated heterocycles. The minimum atomic E-state index is -1.10. The van der Waals surface area contributed by atoms with Crippen molar-refractivity contribution in [3.8, 4) is 0 Å². The van der Waals surface area contributed by atoms with E-state index in [0.29, 0.717) is 12.1 Å². The van der Waals surface area contributed by atoms with E-state index in [1.807, 2.05) is 96.1 Å². The third-order valence-electron chi connectivity index (χ3n) is 4.59. The highest BCUT2D eigenvalue weighted by Crippen LogP contribution is 2.42. The molecule has 1 atom stereocenters. The van der Waals surface area contributed by atoms with Crippen LogP contribution in [0.5, 0.6) is 0 Å². The van der Waals surface area contributed by atoms with Crippen LogP contribution in [0.2, 0.25) is 0 Å². The minimum absolute atomic E-state index is 0.368. The molecule has 0 heterocycles. The molecule has 0 bridgehead atoms. The van der Waals surface area contributed by atoms with E-state index in [0.717, 1.165) is 11.1 Å². The summed E-state index contributed by atoms with van der Waals surface area (Å²) in [6.07, 6.45) is -0.138. The van der Waals surface area contributed by atoms with Crippen molar-refractivity contribution in [1.82, 2.24) is 0 Å². The third kappa shape index (κ3) is 5.33. The molecule has 4 heteroatoms. The Morgan fingerprint density at radius 3 is 2.04 bits per heavy atom. The Labute approximate surface area is 162 Å². The molecule has 146 valence electrons. The van der Waals surface area contributed by atoms with Crippen LogP contribution >= 0.6 is 0 Å². The highest BCUT2D eigenvalue weighted by atomic mass is 16.6. The summed E-state index contributed by atoms with van der Waals surface area (Å²) in [6.45, 7) is 11.5. The van der Waals surface area contributed by atoms with Gasteiger partial charge in [0.1, 0.15) is 5.60 Å². The first-order valence-electron chi connectivity index (χ1n) is 9.28. The highest BCUT2D eigenvalue weighted by molar-refractivity contribution is 5.86. The van der Waals surface area contributed by atoms with Gasteiger partial charge in [0.25, 0.3) is 0 Å². The molecule has 2 N–H and O–H groups in total. The molecule has 2 aromatic carbocycles. The Bertz CT molecular complexity index is 772. The topological polar surface area (TPSA) is 58.6 Å². The van der Waals surface area contributed by atoms with Crippen LogP contribution in [0.3, 0.4) is 0 Å². The van der Waals surface area contributed by atoms with E-state index in [4.69, 9.17) is 4.74 Å². The van der Waals surface area contributed by atoms with E-state index >= 15 is 0 Å². The standard InChI is InChI=1S/C23H31NO3/c1-21(2,3)23(26,18-13-8-7-9-14-18)16-17-12-10-11-15-19(17)24-20(25)27-22(4,5)6/h7-15,26H,16H2,1-6H3,(H,24,25). The molecule has 2 rings (SSSR count). The maximum Gasteiger partial charge on any atom is 0.412 e. The molecule has 0 aliphatic carbocycles. The Morgan fingerprint density at radius 2 is 1.48 bits per heavy atom. The van der Waals surface area contributed by atoms with Crippen molar-refractivity contribution in [2.75, 3.05) is 5.32 Å². The second-order valence-electron chi connectivity index (χ2n) is 8.94. The van der Waals surface area contributed by atoms with Crippen molar-refractivity contribution in [3.05, 3.63) is 65.7 Å². The van der Waals surface area contributed by atoms with Gasteiger partial charge in [0.05, 0.1) is 5.60 Å². The lowest BCUT2D eigenvalue weighted by Gasteiger charge is -2.41. The average Bonchev–Trinajstić information content (AvgIpc) is 2.54. The van der Waals surface area contributed by atoms with Gasteiger partial charge in [0.2, 0.25) is 0 Å². The number of aliphatic hydroxyl groups is 1. The predicted molar refractivity (Wildman–Crippen MR) is 110 cm³/mol. The summed E-state index contributed by atoms with van der Waals surface area (Å²) in [6, 6.07) is 17.2. The maximum atomic E-state index is 12.2. The van der Waals surface area contributed by atoms with E-state index in [1.54, 1.807) is 0 Å². The molecular weight excluding hydrogens is 338 g/mol. The number of anilines is 1. The van der Waals surface area contributed by atoms with Crippen LogP contribution in [-0.4, -0.2) is 16.8 Å². The van der Waals surface area contributed by atoms with E-state index < -0.39 is 22.7 Å². The van der Waals surface area contributed by atoms with Crippen LogP contribution < -0.4 is 5.32 Å². The third-order valence-corrected chi connectivity index (χ3v) is 4.59. The fraction of sp³-hybridized carbons (Fsp3) is 0.435. The van der Waals surface area contributed by atoms with Crippen molar-refractivity contribution in [3.63, 3.8) is 0 Å². The van der Waals surface area contributed by atoms with Crippen LogP contribution in [0.1, 0.15) is 52.7 Å². The first-order chi connectivity index (χ1) is 12.4. The quantitative estimate of drug-likeness (QED) is 0.747. The maximum absolute atomic E-state index is 12.2. The van der Waals surface area contributed by atoms with Gasteiger partial charge in [-0.1, -0.05) is 69.3 Å². The Hall–Kier alpha value is -2.33. The van der Waals surface area contributed by atoms with Gasteiger partial charge in [-0.3, -0.25) is 5.32 Å². The highest BCUT2D eigenvalue weighted by Gasteiger charge is 2.42. The lowest BCUT2D eigenvalue weighted by atomic mass is 9.69. The normalized spacial score (nSPS) is 14.3. The molecular formula is C23H31NO3. The molecule has 0 aliphatic rings. The molecule has 0 radical (unpaired) electrons. The molecule has 0 saturated carbocycles. The van der Waals surface area contributed by atoms with Gasteiger partial charge >= 0.3 is 6.09 Å². The molecule has 0 aliphatic heterocycles. The van der Waals surface area contributed by atoms with Gasteiger partial charge in [0.15, 0.2) is 0 Å². The number of amides is 1. The fourth-order valence-electron chi connectivity index (χ4n) is 3.00. The second-order valence-corrected chi connectivity index (χ2v) is 8.94. The first-order valence-corrected chi connectivity index (χ1v) is 9.28. The van der Waals surface area contributed by atoms with Gasteiger partial charge in [0, 0.05) is 12.1 Å². The number of hydrogen-bond acceptors (Lipinski definition) is 3. The van der Waals surface area contributed by atoms with Gasteiger partial charge in [-0.15, -0.1) is 0 Å². The number of benzene rings is 2. The summed E-state index contributed by atoms with van der Waals surface area (Å²) in [4.78, 5) is 12.2. The summed E-state index contributed by atoms with van der Waals surface area (Å²) in [5.41, 5.74) is 0.266. The number of rotatable bonds is 4. The van der Waals surface area contributed by atoms with Crippen LogP contribution in [0, 0.1) is 5.41 Å². The molecule has 0 fully saturated rings. The molecule has 0 spiro atoms. The molecule has 1 amide bonds. The van der Waals surface area contributed by atoms with E-state index in [-0.39, 0.29) is 0 Å². The number of ether oxygens (including phenoxy) is 1. The van der Waals surface area contributed by atoms with Gasteiger partial charge in [-0.25, -0.2) is 4.79 Å². The zero-order valence-electron chi connectivity index (χ0n) is 17.2. The number of carbonyl (C=O) groups is 1. The molecule has 27 heavy (non-hydrogen) atoms. The summed E-state index contributed by atoms with van der Waals surface area (Å²) in [7, 11) is 0. The molecule has 1 unspecified atom stereocenters. The largest absolute Gasteiger partial charge is 0.444 e. The average molecular weight is 370 g/mol. The van der Waals surface area contributed by atoms with Crippen molar-refractivity contribution in [2.45, 2.75) is 59.2 Å².